The Morgan fingerprint density at radius 3 is 2.94 bits per heavy atom. The summed E-state index contributed by atoms with van der Waals surface area (Å²) in [5.41, 5.74) is 2.89. The molecular formula is C13H10N2O3. The Bertz CT molecular complexity index is 740. The molecule has 0 spiro atoms. The van der Waals surface area contributed by atoms with E-state index in [1.54, 1.807) is 0 Å². The second-order valence-corrected chi connectivity index (χ2v) is 4.11. The maximum absolute atomic E-state index is 10.7. The molecule has 0 amide bonds. The quantitative estimate of drug-likeness (QED) is 0.724. The van der Waals surface area contributed by atoms with Crippen molar-refractivity contribution in [1.29, 1.82) is 0 Å². The predicted octanol–water partition coefficient (Wildman–Crippen LogP) is 2.83. The Labute approximate surface area is 102 Å². The SMILES string of the molecule is Cc1c[nH]c2ccc(-c3cc(C(=O)O)no3)cc12. The summed E-state index contributed by atoms with van der Waals surface area (Å²) in [6, 6.07) is 7.17. The van der Waals surface area contributed by atoms with Gasteiger partial charge >= 0.3 is 5.97 Å². The molecule has 0 saturated carbocycles. The van der Waals surface area contributed by atoms with Gasteiger partial charge in [0.15, 0.2) is 11.5 Å². The minimum absolute atomic E-state index is 0.0871. The monoisotopic (exact) mass is 242 g/mol. The molecule has 0 aliphatic rings. The molecular weight excluding hydrogens is 232 g/mol. The number of aryl methyl sites for hydroxylation is 1. The van der Waals surface area contributed by atoms with Crippen LogP contribution < -0.4 is 0 Å². The van der Waals surface area contributed by atoms with Gasteiger partial charge in [0.05, 0.1) is 0 Å². The lowest BCUT2D eigenvalue weighted by atomic mass is 10.1. The van der Waals surface area contributed by atoms with Crippen LogP contribution in [-0.4, -0.2) is 21.2 Å². The van der Waals surface area contributed by atoms with Gasteiger partial charge in [-0.25, -0.2) is 4.79 Å². The van der Waals surface area contributed by atoms with Crippen LogP contribution in [0.5, 0.6) is 0 Å². The second kappa shape index (κ2) is 3.73. The molecule has 0 atom stereocenters. The van der Waals surface area contributed by atoms with Gasteiger partial charge in [-0.2, -0.15) is 0 Å². The van der Waals surface area contributed by atoms with Crippen LogP contribution in [0.1, 0.15) is 16.1 Å². The number of benzene rings is 1. The average molecular weight is 242 g/mol. The van der Waals surface area contributed by atoms with Gasteiger partial charge in [-0.15, -0.1) is 0 Å². The molecule has 0 saturated heterocycles. The summed E-state index contributed by atoms with van der Waals surface area (Å²) in [4.78, 5) is 13.9. The highest BCUT2D eigenvalue weighted by Gasteiger charge is 2.12. The van der Waals surface area contributed by atoms with Crippen molar-refractivity contribution in [2.24, 2.45) is 0 Å². The van der Waals surface area contributed by atoms with Gasteiger partial charge in [-0.05, 0) is 30.7 Å². The van der Waals surface area contributed by atoms with Crippen LogP contribution in [0.25, 0.3) is 22.2 Å². The zero-order valence-electron chi connectivity index (χ0n) is 9.60. The van der Waals surface area contributed by atoms with Crippen molar-refractivity contribution in [2.75, 3.05) is 0 Å². The lowest BCUT2D eigenvalue weighted by Gasteiger charge is -1.96. The highest BCUT2D eigenvalue weighted by molar-refractivity contribution is 5.89. The number of H-pyrrole nitrogens is 1. The van der Waals surface area contributed by atoms with Crippen molar-refractivity contribution in [3.63, 3.8) is 0 Å². The molecule has 0 aliphatic carbocycles. The average Bonchev–Trinajstić information content (AvgIpc) is 2.96. The largest absolute Gasteiger partial charge is 0.476 e. The molecule has 90 valence electrons. The fourth-order valence-electron chi connectivity index (χ4n) is 1.93. The number of aromatic carboxylic acids is 1. The van der Waals surface area contributed by atoms with E-state index in [0.717, 1.165) is 22.0 Å². The van der Waals surface area contributed by atoms with Gasteiger partial charge in [0, 0.05) is 28.7 Å². The number of carbonyl (C=O) groups is 1. The van der Waals surface area contributed by atoms with E-state index in [2.05, 4.69) is 10.1 Å². The van der Waals surface area contributed by atoms with Crippen LogP contribution in [0, 0.1) is 6.92 Å². The van der Waals surface area contributed by atoms with Crippen molar-refractivity contribution >= 4 is 16.9 Å². The number of rotatable bonds is 2. The van der Waals surface area contributed by atoms with Gasteiger partial charge in [-0.3, -0.25) is 0 Å². The topological polar surface area (TPSA) is 79.1 Å². The molecule has 0 fully saturated rings. The Morgan fingerprint density at radius 2 is 2.22 bits per heavy atom. The fourth-order valence-corrected chi connectivity index (χ4v) is 1.93. The zero-order valence-corrected chi connectivity index (χ0v) is 9.60. The molecule has 2 heterocycles. The van der Waals surface area contributed by atoms with Crippen LogP contribution in [0.15, 0.2) is 35.0 Å². The number of carboxylic acids is 1. The van der Waals surface area contributed by atoms with Crippen LogP contribution in [0.4, 0.5) is 0 Å². The van der Waals surface area contributed by atoms with Gasteiger partial charge in [0.2, 0.25) is 0 Å². The standard InChI is InChI=1S/C13H10N2O3/c1-7-6-14-10-3-2-8(4-9(7)10)12-5-11(13(16)17)15-18-12/h2-6,14H,1H3,(H,16,17). The van der Waals surface area contributed by atoms with Crippen LogP contribution >= 0.6 is 0 Å². The second-order valence-electron chi connectivity index (χ2n) is 4.11. The van der Waals surface area contributed by atoms with E-state index < -0.39 is 5.97 Å². The normalized spacial score (nSPS) is 10.9. The molecule has 18 heavy (non-hydrogen) atoms. The highest BCUT2D eigenvalue weighted by atomic mass is 16.5. The van der Waals surface area contributed by atoms with Gasteiger partial charge < -0.3 is 14.6 Å². The zero-order chi connectivity index (χ0) is 12.7. The number of hydrogen-bond acceptors (Lipinski definition) is 3. The Morgan fingerprint density at radius 1 is 1.39 bits per heavy atom. The Balaban J connectivity index is 2.12. The molecule has 5 heteroatoms. The van der Waals surface area contributed by atoms with E-state index in [9.17, 15) is 4.79 Å². The number of nitrogens with one attached hydrogen (secondary N) is 1. The molecule has 0 unspecified atom stereocenters. The summed E-state index contributed by atoms with van der Waals surface area (Å²) in [5.74, 6) is -0.640. The lowest BCUT2D eigenvalue weighted by molar-refractivity contribution is 0.0686. The minimum atomic E-state index is -1.09. The number of aromatic nitrogens is 2. The van der Waals surface area contributed by atoms with E-state index >= 15 is 0 Å². The van der Waals surface area contributed by atoms with Crippen molar-refractivity contribution in [3.8, 4) is 11.3 Å². The molecule has 1 aromatic carbocycles. The van der Waals surface area contributed by atoms with Gasteiger partial charge in [0.25, 0.3) is 0 Å². The lowest BCUT2D eigenvalue weighted by Crippen LogP contribution is -1.94. The summed E-state index contributed by atoms with van der Waals surface area (Å²) >= 11 is 0. The Hall–Kier alpha value is -2.56. The van der Waals surface area contributed by atoms with Crippen molar-refractivity contribution in [2.45, 2.75) is 6.92 Å². The first-order valence-electron chi connectivity index (χ1n) is 5.43. The number of carboxylic acid groups (broad SMARTS) is 1. The smallest absolute Gasteiger partial charge is 0.358 e. The summed E-state index contributed by atoms with van der Waals surface area (Å²) < 4.78 is 5.04. The van der Waals surface area contributed by atoms with Crippen molar-refractivity contribution in [3.05, 3.63) is 41.7 Å². The summed E-state index contributed by atoms with van der Waals surface area (Å²) in [5, 5.41) is 13.4. The fraction of sp³-hybridized carbons (Fsp3) is 0.0769. The van der Waals surface area contributed by atoms with Crippen molar-refractivity contribution in [1.82, 2.24) is 10.1 Å². The summed E-state index contributed by atoms with van der Waals surface area (Å²) in [6.07, 6.45) is 1.93. The van der Waals surface area contributed by atoms with E-state index in [-0.39, 0.29) is 5.69 Å². The van der Waals surface area contributed by atoms with E-state index in [1.807, 2.05) is 31.3 Å². The molecule has 3 aromatic rings. The predicted molar refractivity (Wildman–Crippen MR) is 65.5 cm³/mol. The highest BCUT2D eigenvalue weighted by Crippen LogP contribution is 2.26. The van der Waals surface area contributed by atoms with Crippen LogP contribution in [-0.2, 0) is 0 Å². The third-order valence-electron chi connectivity index (χ3n) is 2.90. The maximum atomic E-state index is 10.7. The van der Waals surface area contributed by atoms with E-state index in [0.29, 0.717) is 5.76 Å². The third kappa shape index (κ3) is 1.57. The number of hydrogen-bond donors (Lipinski definition) is 2. The molecule has 0 bridgehead atoms. The van der Waals surface area contributed by atoms with E-state index in [4.69, 9.17) is 9.63 Å². The van der Waals surface area contributed by atoms with Crippen molar-refractivity contribution < 1.29 is 14.4 Å². The first kappa shape index (κ1) is 10.6. The molecule has 0 aliphatic heterocycles. The van der Waals surface area contributed by atoms with Crippen LogP contribution in [0.3, 0.4) is 0 Å². The molecule has 3 rings (SSSR count). The Kier molecular flexibility index (Phi) is 2.19. The first-order chi connectivity index (χ1) is 8.65. The number of fused-ring (bicyclic) bond motifs is 1. The molecule has 2 aromatic heterocycles. The van der Waals surface area contributed by atoms with Crippen LogP contribution in [0.2, 0.25) is 0 Å². The minimum Gasteiger partial charge on any atom is -0.476 e. The van der Waals surface area contributed by atoms with E-state index in [1.165, 1.54) is 6.07 Å². The molecule has 2 N–H and O–H groups in total. The van der Waals surface area contributed by atoms with Gasteiger partial charge in [0.1, 0.15) is 0 Å². The number of nitrogens with zero attached hydrogens (tertiary/aromatic N) is 1. The van der Waals surface area contributed by atoms with Gasteiger partial charge in [-0.1, -0.05) is 5.16 Å². The summed E-state index contributed by atoms with van der Waals surface area (Å²) in [7, 11) is 0. The summed E-state index contributed by atoms with van der Waals surface area (Å²) in [6.45, 7) is 2.01. The molecule has 0 radical (unpaired) electrons. The first-order valence-corrected chi connectivity index (χ1v) is 5.43. The third-order valence-corrected chi connectivity index (χ3v) is 2.90. The maximum Gasteiger partial charge on any atom is 0.358 e. The number of aromatic amines is 1. The molecule has 5 nitrogen and oxygen atoms in total.